The number of aromatic nitrogens is 5. The number of amides is 1. The maximum atomic E-state index is 14.2. The highest BCUT2D eigenvalue weighted by Crippen LogP contribution is 2.33. The number of carbonyl (C=O) groups is 1. The van der Waals surface area contributed by atoms with Crippen LogP contribution in [-0.2, 0) is 0 Å². The first-order valence-electron chi connectivity index (χ1n) is 12.2. The zero-order valence-corrected chi connectivity index (χ0v) is 23.4. The van der Waals surface area contributed by atoms with Gasteiger partial charge in [0.2, 0.25) is 0 Å². The van der Waals surface area contributed by atoms with Gasteiger partial charge in [-0.15, -0.1) is 16.4 Å². The normalized spacial score (nSPS) is 11.5. The number of pyridine rings is 1. The van der Waals surface area contributed by atoms with E-state index in [2.05, 4.69) is 48.2 Å². The van der Waals surface area contributed by atoms with Crippen LogP contribution in [0.1, 0.15) is 46.9 Å². The molecule has 0 bridgehead atoms. The molecule has 4 aromatic heterocycles. The van der Waals surface area contributed by atoms with Crippen molar-refractivity contribution in [2.75, 3.05) is 5.73 Å². The van der Waals surface area contributed by atoms with Crippen LogP contribution < -0.4 is 16.6 Å². The predicted molar refractivity (Wildman–Crippen MR) is 165 cm³/mol. The van der Waals surface area contributed by atoms with Crippen LogP contribution in [-0.4, -0.2) is 30.1 Å². The van der Waals surface area contributed by atoms with E-state index in [0.29, 0.717) is 37.8 Å². The average molecular weight is 627 g/mol. The van der Waals surface area contributed by atoms with Crippen LogP contribution in [0.25, 0.3) is 22.1 Å². The van der Waals surface area contributed by atoms with Crippen LogP contribution in [0.4, 0.5) is 5.82 Å². The molecule has 3 N–H and O–H groups in total. The summed E-state index contributed by atoms with van der Waals surface area (Å²) in [4.78, 5) is 36.8. The van der Waals surface area contributed by atoms with E-state index < -0.39 is 11.9 Å². The largest absolute Gasteiger partial charge is 0.381 e. The minimum Gasteiger partial charge on any atom is -0.381 e. The van der Waals surface area contributed by atoms with Crippen molar-refractivity contribution in [3.8, 4) is 17.5 Å². The highest BCUT2D eigenvalue weighted by Gasteiger charge is 2.26. The topological polar surface area (TPSA) is 120 Å². The molecule has 0 radical (unpaired) electrons. The standard InChI is InChI=1S/C29H20BrN7O2S.CH4/c1-17(34-28(38)23-26(31)35-36-14-6-13-33-27(23)36)25-24(30)21-10-5-7-18(11-12-20-15-32-16-40-20)22(21)29(39)37(25)19-8-3-2-4-9-19;/h2-10,13-17H,1H3,(H2,31,35)(H,34,38);1H4/t17-;/m0./s1. The molecule has 0 aliphatic heterocycles. The Labute approximate surface area is 247 Å². The number of anilines is 1. The molecular formula is C30H24BrN7O2S. The number of nitrogen functional groups attached to an aromatic ring is 1. The fourth-order valence-electron chi connectivity index (χ4n) is 4.61. The molecular weight excluding hydrogens is 602 g/mol. The molecule has 41 heavy (non-hydrogen) atoms. The third-order valence-electron chi connectivity index (χ3n) is 6.36. The molecule has 2 aromatic carbocycles. The number of hydrogen-bond donors (Lipinski definition) is 2. The van der Waals surface area contributed by atoms with E-state index in [4.69, 9.17) is 5.73 Å². The van der Waals surface area contributed by atoms with Crippen LogP contribution in [0, 0.1) is 11.8 Å². The van der Waals surface area contributed by atoms with Crippen molar-refractivity contribution in [1.29, 1.82) is 0 Å². The second-order valence-electron chi connectivity index (χ2n) is 8.86. The van der Waals surface area contributed by atoms with Gasteiger partial charge < -0.3 is 11.1 Å². The number of fused-ring (bicyclic) bond motifs is 2. The number of thiazole rings is 1. The van der Waals surface area contributed by atoms with Gasteiger partial charge in [-0.1, -0.05) is 43.7 Å². The number of para-hydroxylation sites is 1. The van der Waals surface area contributed by atoms with Crippen LogP contribution in [0.5, 0.6) is 0 Å². The number of nitrogens with one attached hydrogen (secondary N) is 1. The predicted octanol–water partition coefficient (Wildman–Crippen LogP) is 5.36. The van der Waals surface area contributed by atoms with Crippen LogP contribution in [0.3, 0.4) is 0 Å². The third kappa shape index (κ3) is 4.99. The summed E-state index contributed by atoms with van der Waals surface area (Å²) in [5, 5.41) is 8.33. The Balaban J connectivity index is 0.00000337. The second-order valence-corrected chi connectivity index (χ2v) is 10.5. The molecule has 1 amide bonds. The smallest absolute Gasteiger partial charge is 0.264 e. The molecule has 0 spiro atoms. The average Bonchev–Trinajstić information content (AvgIpc) is 3.60. The fourth-order valence-corrected chi connectivity index (χ4v) is 5.93. The van der Waals surface area contributed by atoms with Gasteiger partial charge >= 0.3 is 0 Å². The lowest BCUT2D eigenvalue weighted by atomic mass is 10.0. The van der Waals surface area contributed by atoms with Crippen molar-refractivity contribution in [2.24, 2.45) is 0 Å². The minimum atomic E-state index is -0.621. The Morgan fingerprint density at radius 1 is 1.12 bits per heavy atom. The van der Waals surface area contributed by atoms with Crippen molar-refractivity contribution in [2.45, 2.75) is 20.4 Å². The third-order valence-corrected chi connectivity index (χ3v) is 7.88. The van der Waals surface area contributed by atoms with Crippen molar-refractivity contribution in [3.05, 3.63) is 115 Å². The number of nitrogens with zero attached hydrogens (tertiary/aromatic N) is 5. The number of rotatable bonds is 4. The Morgan fingerprint density at radius 2 is 1.93 bits per heavy atom. The molecule has 0 saturated carbocycles. The summed E-state index contributed by atoms with van der Waals surface area (Å²) in [6, 6.07) is 15.9. The molecule has 6 rings (SSSR count). The molecule has 204 valence electrons. The molecule has 4 heterocycles. The van der Waals surface area contributed by atoms with Gasteiger partial charge in [-0.25, -0.2) is 9.50 Å². The van der Waals surface area contributed by atoms with Gasteiger partial charge in [-0.2, -0.15) is 0 Å². The number of hydrogen-bond acceptors (Lipinski definition) is 7. The summed E-state index contributed by atoms with van der Waals surface area (Å²) in [6.45, 7) is 1.81. The van der Waals surface area contributed by atoms with Crippen LogP contribution in [0.2, 0.25) is 0 Å². The maximum Gasteiger partial charge on any atom is 0.264 e. The zero-order chi connectivity index (χ0) is 27.8. The molecule has 0 aliphatic rings. The van der Waals surface area contributed by atoms with Gasteiger partial charge in [-0.05, 0) is 53.0 Å². The molecule has 1 atom stereocenters. The Kier molecular flexibility index (Phi) is 7.70. The van der Waals surface area contributed by atoms with Crippen molar-refractivity contribution >= 4 is 55.4 Å². The first kappa shape index (κ1) is 27.8. The molecule has 6 aromatic rings. The summed E-state index contributed by atoms with van der Waals surface area (Å²) in [5.41, 5.74) is 9.85. The van der Waals surface area contributed by atoms with Crippen molar-refractivity contribution in [3.63, 3.8) is 0 Å². The monoisotopic (exact) mass is 625 g/mol. The molecule has 0 unspecified atom stereocenters. The van der Waals surface area contributed by atoms with Gasteiger partial charge in [0, 0.05) is 33.5 Å². The van der Waals surface area contributed by atoms with E-state index in [9.17, 15) is 9.59 Å². The number of benzene rings is 2. The Hall–Kier alpha value is -4.79. The van der Waals surface area contributed by atoms with Gasteiger partial charge in [-0.3, -0.25) is 19.1 Å². The number of halogens is 1. The minimum absolute atomic E-state index is 0. The van der Waals surface area contributed by atoms with E-state index >= 15 is 0 Å². The molecule has 0 saturated heterocycles. The van der Waals surface area contributed by atoms with Gasteiger partial charge in [0.05, 0.1) is 33.7 Å². The maximum absolute atomic E-state index is 14.2. The SMILES string of the molecule is C.C[C@H](NC(=O)c1c(N)nn2cccnc12)c1c(Br)c2cccc(C#Cc3cncs3)c2c(=O)n1-c1ccccc1. The van der Waals surface area contributed by atoms with E-state index in [1.807, 2.05) is 55.5 Å². The zero-order valence-electron chi connectivity index (χ0n) is 21.0. The van der Waals surface area contributed by atoms with Gasteiger partial charge in [0.25, 0.3) is 11.5 Å². The lowest BCUT2D eigenvalue weighted by molar-refractivity contribution is 0.0941. The molecule has 11 heteroatoms. The van der Waals surface area contributed by atoms with E-state index in [0.717, 1.165) is 4.88 Å². The summed E-state index contributed by atoms with van der Waals surface area (Å²) in [5.74, 6) is 5.85. The van der Waals surface area contributed by atoms with Gasteiger partial charge in [0.1, 0.15) is 5.56 Å². The fraction of sp³-hybridized carbons (Fsp3) is 0.100. The van der Waals surface area contributed by atoms with Gasteiger partial charge in [0.15, 0.2) is 11.5 Å². The van der Waals surface area contributed by atoms with Crippen molar-refractivity contribution in [1.82, 2.24) is 29.5 Å². The Bertz CT molecular complexity index is 2020. The molecule has 0 fully saturated rings. The van der Waals surface area contributed by atoms with Crippen LogP contribution >= 0.6 is 27.3 Å². The first-order valence-corrected chi connectivity index (χ1v) is 13.8. The van der Waals surface area contributed by atoms with E-state index in [1.54, 1.807) is 34.7 Å². The quantitative estimate of drug-likeness (QED) is 0.254. The van der Waals surface area contributed by atoms with Crippen molar-refractivity contribution < 1.29 is 4.79 Å². The molecule has 9 nitrogen and oxygen atoms in total. The lowest BCUT2D eigenvalue weighted by Gasteiger charge is -2.23. The second kappa shape index (κ2) is 11.4. The highest BCUT2D eigenvalue weighted by atomic mass is 79.9. The summed E-state index contributed by atoms with van der Waals surface area (Å²) in [6.07, 6.45) is 4.93. The first-order chi connectivity index (χ1) is 19.4. The lowest BCUT2D eigenvalue weighted by Crippen LogP contribution is -2.33. The highest BCUT2D eigenvalue weighted by molar-refractivity contribution is 9.10. The Morgan fingerprint density at radius 3 is 2.68 bits per heavy atom. The van der Waals surface area contributed by atoms with E-state index in [1.165, 1.54) is 15.9 Å². The molecule has 0 aliphatic carbocycles. The summed E-state index contributed by atoms with van der Waals surface area (Å²) < 4.78 is 3.72. The summed E-state index contributed by atoms with van der Waals surface area (Å²) in [7, 11) is 0. The number of nitrogens with two attached hydrogens (primary N) is 1. The van der Waals surface area contributed by atoms with E-state index in [-0.39, 0.29) is 24.4 Å². The van der Waals surface area contributed by atoms with Crippen LogP contribution in [0.15, 0.2) is 88.0 Å². The number of carbonyl (C=O) groups excluding carboxylic acids is 1. The summed E-state index contributed by atoms with van der Waals surface area (Å²) >= 11 is 5.19.